The summed E-state index contributed by atoms with van der Waals surface area (Å²) in [5, 5.41) is 4.07. The average Bonchev–Trinajstić information content (AvgIpc) is 3.11. The van der Waals surface area contributed by atoms with Crippen LogP contribution in [-0.4, -0.2) is 17.8 Å². The number of rotatable bonds is 9. The van der Waals surface area contributed by atoms with Crippen molar-refractivity contribution in [1.29, 1.82) is 0 Å². The van der Waals surface area contributed by atoms with Crippen LogP contribution in [0.15, 0.2) is 48.0 Å². The Labute approximate surface area is 170 Å². The van der Waals surface area contributed by atoms with E-state index in [2.05, 4.69) is 5.32 Å². The predicted octanol–water partition coefficient (Wildman–Crippen LogP) is 4.87. The first kappa shape index (κ1) is 20.6. The highest BCUT2D eigenvalue weighted by molar-refractivity contribution is 6.04. The number of hydrogen-bond donors (Lipinski definition) is 2. The largest absolute Gasteiger partial charge is 0.426 e. The quantitative estimate of drug-likeness (QED) is 0.360. The molecule has 0 aromatic heterocycles. The number of urea groups is 1. The summed E-state index contributed by atoms with van der Waals surface area (Å²) in [6.45, 7) is 0. The lowest BCUT2D eigenvalue weighted by atomic mass is 10.0. The fourth-order valence-electron chi connectivity index (χ4n) is 3.61. The zero-order valence-electron chi connectivity index (χ0n) is 16.4. The second kappa shape index (κ2) is 9.87. The van der Waals surface area contributed by atoms with E-state index in [0.29, 0.717) is 24.3 Å². The van der Waals surface area contributed by atoms with Gasteiger partial charge in [0.2, 0.25) is 0 Å². The standard InChI is InChI=1S/C23H26N2O4/c24-23(28)25-19-14-15-21(18-11-6-5-10-17(18)19)29-22(27)13-4-2-1-3-8-16-9-7-12-20(16)26/h5-6,9-11,14-15H,1-4,7-8,12-13H2,(H3,24,25,28). The molecule has 6 nitrogen and oxygen atoms in total. The van der Waals surface area contributed by atoms with E-state index in [9.17, 15) is 14.4 Å². The number of carbonyl (C=O) groups excluding carboxylic acids is 3. The zero-order valence-corrected chi connectivity index (χ0v) is 16.4. The Balaban J connectivity index is 1.47. The Morgan fingerprint density at radius 3 is 2.48 bits per heavy atom. The van der Waals surface area contributed by atoms with Crippen LogP contribution in [0.1, 0.15) is 51.4 Å². The summed E-state index contributed by atoms with van der Waals surface area (Å²) in [7, 11) is 0. The van der Waals surface area contributed by atoms with Gasteiger partial charge in [-0.15, -0.1) is 0 Å². The molecule has 0 aliphatic heterocycles. The molecule has 2 aromatic carbocycles. The van der Waals surface area contributed by atoms with Crippen LogP contribution in [0.4, 0.5) is 10.5 Å². The third kappa shape index (κ3) is 5.67. The van der Waals surface area contributed by atoms with Gasteiger partial charge in [0.25, 0.3) is 0 Å². The van der Waals surface area contributed by atoms with Crippen LogP contribution in [0, 0.1) is 0 Å². The van der Waals surface area contributed by atoms with E-state index in [0.717, 1.165) is 54.9 Å². The van der Waals surface area contributed by atoms with Crippen LogP contribution >= 0.6 is 0 Å². The monoisotopic (exact) mass is 394 g/mol. The number of primary amides is 1. The fraction of sp³-hybridized carbons (Fsp3) is 0.348. The molecular weight excluding hydrogens is 368 g/mol. The van der Waals surface area contributed by atoms with Crippen LogP contribution in [0.2, 0.25) is 0 Å². The maximum Gasteiger partial charge on any atom is 0.316 e. The summed E-state index contributed by atoms with van der Waals surface area (Å²) in [6, 6.07) is 10.1. The number of allylic oxidation sites excluding steroid dienone is 2. The van der Waals surface area contributed by atoms with E-state index in [1.54, 1.807) is 12.1 Å². The first-order valence-electron chi connectivity index (χ1n) is 10.1. The molecule has 0 fully saturated rings. The number of unbranched alkanes of at least 4 members (excludes halogenated alkanes) is 3. The molecule has 0 spiro atoms. The Hall–Kier alpha value is -3.15. The van der Waals surface area contributed by atoms with Gasteiger partial charge < -0.3 is 15.8 Å². The minimum absolute atomic E-state index is 0.278. The van der Waals surface area contributed by atoms with Crippen molar-refractivity contribution >= 4 is 34.2 Å². The van der Waals surface area contributed by atoms with E-state index in [1.165, 1.54) is 0 Å². The van der Waals surface area contributed by atoms with E-state index >= 15 is 0 Å². The van der Waals surface area contributed by atoms with Crippen molar-refractivity contribution in [3.8, 4) is 5.75 Å². The number of nitrogens with two attached hydrogens (primary N) is 1. The molecule has 152 valence electrons. The predicted molar refractivity (Wildman–Crippen MR) is 113 cm³/mol. The van der Waals surface area contributed by atoms with Crippen LogP contribution in [0.25, 0.3) is 10.8 Å². The van der Waals surface area contributed by atoms with Gasteiger partial charge in [0.05, 0.1) is 5.69 Å². The first-order valence-corrected chi connectivity index (χ1v) is 10.1. The number of esters is 1. The molecule has 2 amide bonds. The van der Waals surface area contributed by atoms with Crippen molar-refractivity contribution in [3.05, 3.63) is 48.0 Å². The van der Waals surface area contributed by atoms with Gasteiger partial charge in [0.15, 0.2) is 5.78 Å². The molecule has 0 unspecified atom stereocenters. The van der Waals surface area contributed by atoms with Crippen LogP contribution in [-0.2, 0) is 9.59 Å². The van der Waals surface area contributed by atoms with Crippen molar-refractivity contribution < 1.29 is 19.1 Å². The molecule has 0 bridgehead atoms. The number of anilines is 1. The number of ketones is 1. The van der Waals surface area contributed by atoms with E-state index < -0.39 is 6.03 Å². The molecule has 0 heterocycles. The van der Waals surface area contributed by atoms with Gasteiger partial charge in [-0.25, -0.2) is 4.79 Å². The van der Waals surface area contributed by atoms with Gasteiger partial charge >= 0.3 is 12.0 Å². The molecule has 2 aromatic rings. The summed E-state index contributed by atoms with van der Waals surface area (Å²) < 4.78 is 5.55. The first-order chi connectivity index (χ1) is 14.0. The van der Waals surface area contributed by atoms with Crippen molar-refractivity contribution in [2.24, 2.45) is 5.73 Å². The van der Waals surface area contributed by atoms with Gasteiger partial charge in [0, 0.05) is 23.6 Å². The van der Waals surface area contributed by atoms with Crippen LogP contribution < -0.4 is 15.8 Å². The number of Topliss-reactive ketones (excluding diaryl/α,β-unsaturated/α-hetero) is 1. The summed E-state index contributed by atoms with van der Waals surface area (Å²) in [6.07, 6.45) is 8.44. The second-order valence-electron chi connectivity index (χ2n) is 7.23. The van der Waals surface area contributed by atoms with Gasteiger partial charge in [-0.3, -0.25) is 9.59 Å². The molecular formula is C23H26N2O4. The van der Waals surface area contributed by atoms with Crippen molar-refractivity contribution in [3.63, 3.8) is 0 Å². The lowest BCUT2D eigenvalue weighted by Gasteiger charge is -2.11. The normalized spacial score (nSPS) is 13.4. The lowest BCUT2D eigenvalue weighted by Crippen LogP contribution is -2.19. The number of hydrogen-bond acceptors (Lipinski definition) is 4. The maximum atomic E-state index is 12.2. The number of amides is 2. The molecule has 29 heavy (non-hydrogen) atoms. The minimum Gasteiger partial charge on any atom is -0.426 e. The summed E-state index contributed by atoms with van der Waals surface area (Å²) in [4.78, 5) is 35.0. The average molecular weight is 394 g/mol. The van der Waals surface area contributed by atoms with E-state index in [-0.39, 0.29) is 11.8 Å². The third-order valence-corrected chi connectivity index (χ3v) is 5.06. The molecule has 0 saturated heterocycles. The van der Waals surface area contributed by atoms with Gasteiger partial charge in [-0.05, 0) is 43.4 Å². The molecule has 3 rings (SSSR count). The molecule has 3 N–H and O–H groups in total. The van der Waals surface area contributed by atoms with Gasteiger partial charge in [-0.2, -0.15) is 0 Å². The highest BCUT2D eigenvalue weighted by atomic mass is 16.5. The van der Waals surface area contributed by atoms with Crippen molar-refractivity contribution in [2.45, 2.75) is 51.4 Å². The summed E-state index contributed by atoms with van der Waals surface area (Å²) in [5.74, 6) is 0.476. The Morgan fingerprint density at radius 2 is 1.76 bits per heavy atom. The maximum absolute atomic E-state index is 12.2. The molecule has 0 radical (unpaired) electrons. The highest BCUT2D eigenvalue weighted by Gasteiger charge is 2.14. The third-order valence-electron chi connectivity index (χ3n) is 5.06. The molecule has 1 aliphatic carbocycles. The van der Waals surface area contributed by atoms with Gasteiger partial charge in [-0.1, -0.05) is 43.2 Å². The number of benzene rings is 2. The van der Waals surface area contributed by atoms with E-state index in [1.807, 2.05) is 30.3 Å². The number of nitrogens with one attached hydrogen (secondary N) is 1. The number of carbonyl (C=O) groups is 3. The highest BCUT2D eigenvalue weighted by Crippen LogP contribution is 2.32. The Kier molecular flexibility index (Phi) is 7.00. The number of fused-ring (bicyclic) bond motifs is 1. The smallest absolute Gasteiger partial charge is 0.316 e. The number of ether oxygens (including phenoxy) is 1. The Morgan fingerprint density at radius 1 is 1.00 bits per heavy atom. The molecule has 0 atom stereocenters. The molecule has 0 saturated carbocycles. The van der Waals surface area contributed by atoms with Gasteiger partial charge in [0.1, 0.15) is 5.75 Å². The van der Waals surface area contributed by atoms with E-state index in [4.69, 9.17) is 10.5 Å². The SMILES string of the molecule is NC(=O)Nc1ccc(OC(=O)CCCCCCC2=CCCC2=O)c2ccccc12. The summed E-state index contributed by atoms with van der Waals surface area (Å²) >= 11 is 0. The van der Waals surface area contributed by atoms with Crippen molar-refractivity contribution in [1.82, 2.24) is 0 Å². The fourth-order valence-corrected chi connectivity index (χ4v) is 3.61. The van der Waals surface area contributed by atoms with Crippen LogP contribution in [0.3, 0.4) is 0 Å². The summed E-state index contributed by atoms with van der Waals surface area (Å²) in [5.41, 5.74) is 6.76. The zero-order chi connectivity index (χ0) is 20.6. The molecule has 6 heteroatoms. The van der Waals surface area contributed by atoms with Crippen molar-refractivity contribution in [2.75, 3.05) is 5.32 Å². The second-order valence-corrected chi connectivity index (χ2v) is 7.23. The lowest BCUT2D eigenvalue weighted by molar-refractivity contribution is -0.134. The molecule has 1 aliphatic rings. The van der Waals surface area contributed by atoms with Crippen LogP contribution in [0.5, 0.6) is 5.75 Å². The minimum atomic E-state index is -0.645. The Bertz CT molecular complexity index is 949. The topological polar surface area (TPSA) is 98.5 Å².